The first-order valence-corrected chi connectivity index (χ1v) is 20.5. The number of fused-ring (bicyclic) bond motifs is 9. The van der Waals surface area contributed by atoms with E-state index in [-0.39, 0.29) is 0 Å². The summed E-state index contributed by atoms with van der Waals surface area (Å²) in [7, 11) is 0. The number of hydrogen-bond donors (Lipinski definition) is 0. The van der Waals surface area contributed by atoms with Crippen molar-refractivity contribution < 1.29 is 4.42 Å². The molecular formula is C54H34N2OS. The lowest BCUT2D eigenvalue weighted by atomic mass is 10.0. The van der Waals surface area contributed by atoms with E-state index in [2.05, 4.69) is 204 Å². The number of para-hydroxylation sites is 4. The van der Waals surface area contributed by atoms with Crippen molar-refractivity contribution in [1.82, 2.24) is 4.57 Å². The summed E-state index contributed by atoms with van der Waals surface area (Å²) in [5.74, 6) is 0. The number of thiophene rings is 1. The molecule has 12 aromatic rings. The van der Waals surface area contributed by atoms with Gasteiger partial charge in [-0.15, -0.1) is 11.3 Å². The van der Waals surface area contributed by atoms with Crippen LogP contribution >= 0.6 is 11.3 Å². The van der Waals surface area contributed by atoms with E-state index in [0.29, 0.717) is 0 Å². The second-order valence-corrected chi connectivity index (χ2v) is 15.9. The van der Waals surface area contributed by atoms with Gasteiger partial charge in [-0.05, 0) is 83.4 Å². The smallest absolute Gasteiger partial charge is 0.143 e. The lowest BCUT2D eigenvalue weighted by Crippen LogP contribution is -2.10. The summed E-state index contributed by atoms with van der Waals surface area (Å²) in [6, 6.07) is 74.4. The van der Waals surface area contributed by atoms with Crippen LogP contribution in [-0.2, 0) is 0 Å². The number of nitrogens with zero attached hydrogens (tertiary/aromatic N) is 2. The van der Waals surface area contributed by atoms with Crippen LogP contribution in [0.3, 0.4) is 0 Å². The largest absolute Gasteiger partial charge is 0.455 e. The van der Waals surface area contributed by atoms with Gasteiger partial charge in [0.1, 0.15) is 11.2 Å². The summed E-state index contributed by atoms with van der Waals surface area (Å²) >= 11 is 1.87. The van der Waals surface area contributed by atoms with Gasteiger partial charge < -0.3 is 13.9 Å². The van der Waals surface area contributed by atoms with Crippen LogP contribution in [0.15, 0.2) is 211 Å². The molecule has 4 heteroatoms. The molecule has 0 fully saturated rings. The van der Waals surface area contributed by atoms with Gasteiger partial charge in [-0.1, -0.05) is 140 Å². The number of benzene rings is 9. The van der Waals surface area contributed by atoms with E-state index in [4.69, 9.17) is 4.42 Å². The van der Waals surface area contributed by atoms with Crippen molar-refractivity contribution in [3.63, 3.8) is 0 Å². The highest BCUT2D eigenvalue weighted by molar-refractivity contribution is 7.26. The fourth-order valence-electron chi connectivity index (χ4n) is 8.93. The number of rotatable bonds is 6. The molecule has 272 valence electrons. The van der Waals surface area contributed by atoms with Crippen LogP contribution in [0.2, 0.25) is 0 Å². The summed E-state index contributed by atoms with van der Waals surface area (Å²) in [6.45, 7) is 0. The third-order valence-electron chi connectivity index (χ3n) is 11.6. The molecule has 0 spiro atoms. The molecule has 0 N–H and O–H groups in total. The molecule has 0 bridgehead atoms. The quantitative estimate of drug-likeness (QED) is 0.168. The van der Waals surface area contributed by atoms with Crippen molar-refractivity contribution in [2.75, 3.05) is 4.90 Å². The number of anilines is 3. The van der Waals surface area contributed by atoms with Crippen molar-refractivity contribution in [2.24, 2.45) is 0 Å². The van der Waals surface area contributed by atoms with Gasteiger partial charge in [0, 0.05) is 70.0 Å². The summed E-state index contributed by atoms with van der Waals surface area (Å²) in [4.78, 5) is 2.38. The van der Waals surface area contributed by atoms with E-state index in [1.54, 1.807) is 0 Å². The van der Waals surface area contributed by atoms with Crippen LogP contribution in [0.25, 0.3) is 91.9 Å². The highest BCUT2D eigenvalue weighted by Gasteiger charge is 2.19. The minimum atomic E-state index is 0.906. The van der Waals surface area contributed by atoms with Crippen molar-refractivity contribution in [2.45, 2.75) is 0 Å². The second-order valence-electron chi connectivity index (χ2n) is 14.9. The third kappa shape index (κ3) is 5.12. The molecule has 0 radical (unpaired) electrons. The fraction of sp³-hybridized carbons (Fsp3) is 0. The predicted molar refractivity (Wildman–Crippen MR) is 247 cm³/mol. The van der Waals surface area contributed by atoms with Crippen molar-refractivity contribution in [1.29, 1.82) is 0 Å². The zero-order valence-corrected chi connectivity index (χ0v) is 32.2. The van der Waals surface area contributed by atoms with E-state index in [0.717, 1.165) is 61.3 Å². The van der Waals surface area contributed by atoms with Gasteiger partial charge in [-0.2, -0.15) is 0 Å². The normalized spacial score (nSPS) is 11.8. The standard InChI is InChI=1S/C54H34N2OS/c1-2-12-37(13-3-1)56-49-21-7-4-14-43(49)44-33-32-40(34-50(44)56)55(38-28-24-35(25-29-38)41-17-10-19-47-45-15-5-8-22-51(45)57-53(41)47)39-30-26-36(27-31-39)42-18-11-20-48-46-16-6-9-23-52(46)58-54(42)48/h1-34H. The van der Waals surface area contributed by atoms with Crippen molar-refractivity contribution in [3.05, 3.63) is 206 Å². The van der Waals surface area contributed by atoms with Crippen LogP contribution in [0.5, 0.6) is 0 Å². The fourth-order valence-corrected chi connectivity index (χ4v) is 10.2. The molecule has 0 aliphatic heterocycles. The molecule has 58 heavy (non-hydrogen) atoms. The highest BCUT2D eigenvalue weighted by atomic mass is 32.1. The van der Waals surface area contributed by atoms with Gasteiger partial charge in [0.2, 0.25) is 0 Å². The topological polar surface area (TPSA) is 21.3 Å². The summed E-state index contributed by atoms with van der Waals surface area (Å²) in [5, 5.41) is 7.36. The third-order valence-corrected chi connectivity index (χ3v) is 12.8. The molecule has 0 atom stereocenters. The van der Waals surface area contributed by atoms with Crippen LogP contribution in [0, 0.1) is 0 Å². The molecular weight excluding hydrogens is 725 g/mol. The Morgan fingerprint density at radius 1 is 0.397 bits per heavy atom. The molecule has 9 aromatic carbocycles. The Balaban J connectivity index is 1.02. The lowest BCUT2D eigenvalue weighted by Gasteiger charge is -2.26. The van der Waals surface area contributed by atoms with Gasteiger partial charge in [-0.3, -0.25) is 0 Å². The minimum absolute atomic E-state index is 0.906. The van der Waals surface area contributed by atoms with Gasteiger partial charge in [0.05, 0.1) is 11.0 Å². The first-order chi connectivity index (χ1) is 28.8. The summed E-state index contributed by atoms with van der Waals surface area (Å²) < 4.78 is 11.5. The second kappa shape index (κ2) is 13.1. The Kier molecular flexibility index (Phi) is 7.40. The summed E-state index contributed by atoms with van der Waals surface area (Å²) in [5.41, 5.74) is 13.2. The monoisotopic (exact) mass is 758 g/mol. The maximum absolute atomic E-state index is 6.45. The van der Waals surface area contributed by atoms with Gasteiger partial charge >= 0.3 is 0 Å². The predicted octanol–water partition coefficient (Wildman–Crippen LogP) is 15.9. The molecule has 0 saturated heterocycles. The number of aromatic nitrogens is 1. The summed E-state index contributed by atoms with van der Waals surface area (Å²) in [6.07, 6.45) is 0. The van der Waals surface area contributed by atoms with Crippen LogP contribution in [0.1, 0.15) is 0 Å². The molecule has 0 saturated carbocycles. The number of hydrogen-bond acceptors (Lipinski definition) is 3. The van der Waals surface area contributed by atoms with Crippen molar-refractivity contribution in [3.8, 4) is 27.9 Å². The van der Waals surface area contributed by atoms with Crippen LogP contribution < -0.4 is 4.90 Å². The zero-order valence-electron chi connectivity index (χ0n) is 31.3. The van der Waals surface area contributed by atoms with Gasteiger partial charge in [0.25, 0.3) is 0 Å². The van der Waals surface area contributed by atoms with Crippen molar-refractivity contribution >= 4 is 92.3 Å². The molecule has 0 unspecified atom stereocenters. The zero-order chi connectivity index (χ0) is 38.2. The lowest BCUT2D eigenvalue weighted by molar-refractivity contribution is 0.670. The Morgan fingerprint density at radius 2 is 0.983 bits per heavy atom. The Hall–Kier alpha value is -7.40. The van der Waals surface area contributed by atoms with E-state index >= 15 is 0 Å². The van der Waals surface area contributed by atoms with E-state index in [1.807, 2.05) is 23.5 Å². The van der Waals surface area contributed by atoms with Gasteiger partial charge in [-0.25, -0.2) is 0 Å². The average Bonchev–Trinajstić information content (AvgIpc) is 3.97. The SMILES string of the molecule is c1ccc(-n2c3ccccc3c3ccc(N(c4ccc(-c5cccc6c5oc5ccccc56)cc4)c4ccc(-c5cccc6c5sc5ccccc56)cc4)cc32)cc1. The minimum Gasteiger partial charge on any atom is -0.455 e. The number of furan rings is 1. The Labute approximate surface area is 338 Å². The maximum Gasteiger partial charge on any atom is 0.143 e. The molecule has 0 aliphatic rings. The van der Waals surface area contributed by atoms with E-state index in [1.165, 1.54) is 47.6 Å². The molecule has 3 nitrogen and oxygen atoms in total. The highest BCUT2D eigenvalue weighted by Crippen LogP contribution is 2.44. The molecule has 3 heterocycles. The maximum atomic E-state index is 6.45. The van der Waals surface area contributed by atoms with E-state index < -0.39 is 0 Å². The molecule has 0 amide bonds. The van der Waals surface area contributed by atoms with Crippen LogP contribution in [-0.4, -0.2) is 4.57 Å². The van der Waals surface area contributed by atoms with Crippen LogP contribution in [0.4, 0.5) is 17.1 Å². The Morgan fingerprint density at radius 3 is 1.78 bits per heavy atom. The molecule has 0 aliphatic carbocycles. The van der Waals surface area contributed by atoms with Gasteiger partial charge in [0.15, 0.2) is 0 Å². The Bertz CT molecular complexity index is 3340. The molecule has 3 aromatic heterocycles. The van der Waals surface area contributed by atoms with E-state index in [9.17, 15) is 0 Å². The first kappa shape index (κ1) is 32.8. The first-order valence-electron chi connectivity index (χ1n) is 19.7. The molecule has 12 rings (SSSR count). The average molecular weight is 759 g/mol.